The van der Waals surface area contributed by atoms with Gasteiger partial charge in [-0.2, -0.15) is 0 Å². The number of benzene rings is 3. The number of aliphatic hydroxyl groups excluding tert-OH is 2. The topological polar surface area (TPSA) is 225 Å². The maximum absolute atomic E-state index is 15.9. The Morgan fingerprint density at radius 2 is 1.49 bits per heavy atom. The van der Waals surface area contributed by atoms with Crippen LogP contribution in [-0.4, -0.2) is 124 Å². The van der Waals surface area contributed by atoms with E-state index in [4.69, 9.17) is 23.7 Å². The standard InChI is InChI=1S/C51H60N2O14/c1-8-9-25-53(7)47(61)65-40-37-29(2)34(64-46(60)39(56)38(31-19-13-10-14-20-31)52-44(58)32-21-15-11-16-22-32)27-51(62,48(37,4)5)43(66-45(59)33-23-17-12-18-24-33)41-49(6,42(40)57)35(55)26-36-50(41,28-63-36)67-30(3)54/h10-24,34-36,38-41,43,55-56,62H,8-9,25-28H2,1-7H3,(H,52,58)/t34-,35-,36+,38?,39+,40+,41?,43-,49+,50-,51+/m0/s1. The van der Waals surface area contributed by atoms with E-state index in [-0.39, 0.29) is 41.8 Å². The number of carbonyl (C=O) groups excluding carboxylic acids is 6. The van der Waals surface area contributed by atoms with Gasteiger partial charge in [-0.25, -0.2) is 14.4 Å². The quantitative estimate of drug-likeness (QED) is 0.100. The summed E-state index contributed by atoms with van der Waals surface area (Å²) < 4.78 is 31.0. The summed E-state index contributed by atoms with van der Waals surface area (Å²) in [7, 11) is 1.51. The average Bonchev–Trinajstić information content (AvgIpc) is 3.31. The van der Waals surface area contributed by atoms with E-state index in [1.807, 2.05) is 6.92 Å². The van der Waals surface area contributed by atoms with Gasteiger partial charge < -0.3 is 49.2 Å². The number of carbonyl (C=O) groups is 6. The minimum absolute atomic E-state index is 0.00562. The second-order valence-corrected chi connectivity index (χ2v) is 18.9. The third-order valence-electron chi connectivity index (χ3n) is 14.6. The molecule has 2 saturated carbocycles. The highest BCUT2D eigenvalue weighted by Crippen LogP contribution is 2.64. The molecular weight excluding hydrogens is 865 g/mol. The molecule has 1 saturated heterocycles. The summed E-state index contributed by atoms with van der Waals surface area (Å²) in [6, 6.07) is 23.0. The molecule has 0 radical (unpaired) electrons. The number of esters is 3. The summed E-state index contributed by atoms with van der Waals surface area (Å²) in [5, 5.41) is 40.8. The van der Waals surface area contributed by atoms with Crippen LogP contribution in [0.15, 0.2) is 102 Å². The fourth-order valence-electron chi connectivity index (χ4n) is 10.7. The lowest BCUT2D eigenvalue weighted by molar-refractivity contribution is -0.345. The van der Waals surface area contributed by atoms with E-state index in [2.05, 4.69) is 5.32 Å². The van der Waals surface area contributed by atoms with Crippen LogP contribution in [0.5, 0.6) is 0 Å². The van der Waals surface area contributed by atoms with Crippen LogP contribution in [0, 0.1) is 16.7 Å². The minimum atomic E-state index is -2.42. The number of nitrogens with zero attached hydrogens (tertiary/aromatic N) is 1. The fourth-order valence-corrected chi connectivity index (χ4v) is 10.7. The second kappa shape index (κ2) is 19.0. The van der Waals surface area contributed by atoms with Gasteiger partial charge in [0.15, 0.2) is 23.6 Å². The van der Waals surface area contributed by atoms with Gasteiger partial charge in [0.25, 0.3) is 5.91 Å². The third-order valence-corrected chi connectivity index (χ3v) is 14.6. The van der Waals surface area contributed by atoms with Gasteiger partial charge in [0.05, 0.1) is 35.6 Å². The van der Waals surface area contributed by atoms with E-state index >= 15 is 4.79 Å². The molecule has 1 aliphatic heterocycles. The fraction of sp³-hybridized carbons (Fsp3) is 0.490. The molecule has 16 nitrogen and oxygen atoms in total. The van der Waals surface area contributed by atoms with Crippen LogP contribution in [0.4, 0.5) is 4.79 Å². The Kier molecular flexibility index (Phi) is 13.9. The first-order valence-electron chi connectivity index (χ1n) is 22.7. The van der Waals surface area contributed by atoms with Crippen molar-refractivity contribution in [3.63, 3.8) is 0 Å². The molecule has 2 bridgehead atoms. The highest BCUT2D eigenvalue weighted by atomic mass is 16.6. The number of aliphatic hydroxyl groups is 3. The number of nitrogens with one attached hydrogen (secondary N) is 1. The number of ketones is 1. The van der Waals surface area contributed by atoms with Crippen LogP contribution < -0.4 is 5.32 Å². The van der Waals surface area contributed by atoms with Gasteiger partial charge in [0.2, 0.25) is 0 Å². The number of ether oxygens (including phenoxy) is 5. The van der Waals surface area contributed by atoms with Crippen LogP contribution in [0.2, 0.25) is 0 Å². The first-order valence-corrected chi connectivity index (χ1v) is 22.7. The van der Waals surface area contributed by atoms with Gasteiger partial charge in [0, 0.05) is 44.3 Å². The monoisotopic (exact) mass is 924 g/mol. The predicted octanol–water partition coefficient (Wildman–Crippen LogP) is 5.04. The minimum Gasteiger partial charge on any atom is -0.456 e. The molecule has 11 atom stereocenters. The number of hydrogen-bond acceptors (Lipinski definition) is 14. The summed E-state index contributed by atoms with van der Waals surface area (Å²) in [4.78, 5) is 86.9. The SMILES string of the molecule is CCCCN(C)C(=O)O[C@H]1C(=O)[C@@]2(C)C([C@H](OC(=O)c3ccccc3)[C@]3(O)C[C@H](OC(=O)[C@H](O)C(NC(=O)c4ccccc4)c4ccccc4)C(C)=C1C3(C)C)[C@]1(OC(C)=O)CO[C@@H]1C[C@@H]2O. The average molecular weight is 925 g/mol. The molecule has 0 aromatic heterocycles. The van der Waals surface area contributed by atoms with Gasteiger partial charge in [-0.3, -0.25) is 14.4 Å². The molecule has 4 aliphatic rings. The van der Waals surface area contributed by atoms with Crippen LogP contribution in [0.25, 0.3) is 0 Å². The summed E-state index contributed by atoms with van der Waals surface area (Å²) in [5.41, 5.74) is -7.15. The molecule has 1 heterocycles. The van der Waals surface area contributed by atoms with E-state index in [0.717, 1.165) is 13.3 Å². The van der Waals surface area contributed by atoms with Crippen molar-refractivity contribution in [3.05, 3.63) is 119 Å². The number of hydrogen-bond donors (Lipinski definition) is 4. The molecule has 0 spiro atoms. The molecule has 3 aromatic carbocycles. The summed E-state index contributed by atoms with van der Waals surface area (Å²) >= 11 is 0. The van der Waals surface area contributed by atoms with E-state index in [1.54, 1.807) is 99.6 Å². The van der Waals surface area contributed by atoms with E-state index in [1.165, 1.54) is 31.0 Å². The molecule has 67 heavy (non-hydrogen) atoms. The van der Waals surface area contributed by atoms with E-state index in [0.29, 0.717) is 12.0 Å². The zero-order valence-electron chi connectivity index (χ0n) is 38.8. The molecule has 4 N–H and O–H groups in total. The number of amides is 2. The molecule has 7 rings (SSSR count). The Morgan fingerprint density at radius 3 is 2.06 bits per heavy atom. The molecule has 16 heteroatoms. The van der Waals surface area contributed by atoms with Crippen LogP contribution in [0.3, 0.4) is 0 Å². The zero-order chi connectivity index (χ0) is 48.6. The van der Waals surface area contributed by atoms with Gasteiger partial charge in [-0.15, -0.1) is 0 Å². The van der Waals surface area contributed by atoms with Crippen molar-refractivity contribution in [2.45, 2.75) is 121 Å². The molecule has 3 aliphatic carbocycles. The zero-order valence-corrected chi connectivity index (χ0v) is 38.8. The Morgan fingerprint density at radius 1 is 0.896 bits per heavy atom. The number of fused-ring (bicyclic) bond motifs is 5. The van der Waals surface area contributed by atoms with Gasteiger partial charge >= 0.3 is 24.0 Å². The van der Waals surface area contributed by atoms with Gasteiger partial charge in [-0.1, -0.05) is 93.9 Å². The van der Waals surface area contributed by atoms with Crippen molar-refractivity contribution in [3.8, 4) is 0 Å². The Hall–Kier alpha value is -5.94. The molecule has 358 valence electrons. The molecule has 3 aromatic rings. The maximum atomic E-state index is 15.9. The van der Waals surface area contributed by atoms with Crippen LogP contribution in [0.1, 0.15) is 99.5 Å². The van der Waals surface area contributed by atoms with E-state index in [9.17, 15) is 39.3 Å². The van der Waals surface area contributed by atoms with Crippen molar-refractivity contribution < 1.29 is 67.8 Å². The Labute approximate surface area is 389 Å². The lowest BCUT2D eigenvalue weighted by atomic mass is 9.44. The number of Topliss-reactive ketones (excluding diaryl/α,β-unsaturated/α-hetero) is 1. The van der Waals surface area contributed by atoms with E-state index < -0.39 is 113 Å². The van der Waals surface area contributed by atoms with Gasteiger partial charge in [-0.05, 0) is 61.2 Å². The number of unbranched alkanes of at least 4 members (excludes halogenated alkanes) is 1. The first kappa shape index (κ1) is 49.0. The largest absolute Gasteiger partial charge is 0.456 e. The summed E-state index contributed by atoms with van der Waals surface area (Å²) in [5.74, 6) is -5.98. The number of rotatable bonds is 13. The molecule has 3 fully saturated rings. The van der Waals surface area contributed by atoms with Crippen LogP contribution >= 0.6 is 0 Å². The summed E-state index contributed by atoms with van der Waals surface area (Å²) in [6.45, 7) is 9.17. The highest BCUT2D eigenvalue weighted by molar-refractivity contribution is 5.96. The third kappa shape index (κ3) is 8.64. The smallest absolute Gasteiger partial charge is 0.410 e. The van der Waals surface area contributed by atoms with Crippen molar-refractivity contribution in [1.82, 2.24) is 10.2 Å². The van der Waals surface area contributed by atoms with Crippen molar-refractivity contribution in [1.29, 1.82) is 0 Å². The summed E-state index contributed by atoms with van der Waals surface area (Å²) in [6.07, 6.45) is -10.2. The first-order chi connectivity index (χ1) is 31.7. The van der Waals surface area contributed by atoms with Crippen molar-refractivity contribution in [2.75, 3.05) is 20.2 Å². The van der Waals surface area contributed by atoms with Crippen molar-refractivity contribution >= 4 is 35.7 Å². The Bertz CT molecular complexity index is 2390. The second-order valence-electron chi connectivity index (χ2n) is 18.9. The lowest BCUT2D eigenvalue weighted by Crippen LogP contribution is -2.82. The molecule has 2 unspecified atom stereocenters. The lowest BCUT2D eigenvalue weighted by Gasteiger charge is -2.67. The van der Waals surface area contributed by atoms with Gasteiger partial charge in [0.1, 0.15) is 23.9 Å². The van der Waals surface area contributed by atoms with Crippen LogP contribution in [-0.2, 0) is 38.1 Å². The van der Waals surface area contributed by atoms with Crippen molar-refractivity contribution in [2.24, 2.45) is 16.7 Å². The predicted molar refractivity (Wildman–Crippen MR) is 240 cm³/mol. The molecule has 2 amide bonds. The Balaban J connectivity index is 1.41. The normalized spacial score (nSPS) is 30.3. The molecular formula is C51H60N2O14. The maximum Gasteiger partial charge on any atom is 0.410 e. The highest BCUT2D eigenvalue weighted by Gasteiger charge is 2.78.